The zero-order chi connectivity index (χ0) is 18.1. The van der Waals surface area contributed by atoms with Gasteiger partial charge in [0.2, 0.25) is 0 Å². The summed E-state index contributed by atoms with van der Waals surface area (Å²) >= 11 is 0. The van der Waals surface area contributed by atoms with Crippen molar-refractivity contribution < 1.29 is 27.1 Å². The molecule has 1 atom stereocenters. The standard InChI is InChI=1S/C18H15F4NO2/c1-25-18(24)15-6-10-4-2-3-5-11(10)8-23(15)9-12-13(19)7-14(20)17(22)16(12)21/h2-5,7,15H,6,8-9H2,1H3. The Morgan fingerprint density at radius 1 is 1.12 bits per heavy atom. The van der Waals surface area contributed by atoms with E-state index in [4.69, 9.17) is 4.74 Å². The Kier molecular flexibility index (Phi) is 4.76. The second-order valence-electron chi connectivity index (χ2n) is 5.86. The first-order valence-corrected chi connectivity index (χ1v) is 7.63. The van der Waals surface area contributed by atoms with Gasteiger partial charge in [0.05, 0.1) is 7.11 Å². The monoisotopic (exact) mass is 353 g/mol. The SMILES string of the molecule is COC(=O)C1Cc2ccccc2CN1Cc1c(F)cc(F)c(F)c1F. The fraction of sp³-hybridized carbons (Fsp3) is 0.278. The van der Waals surface area contributed by atoms with E-state index in [9.17, 15) is 22.4 Å². The lowest BCUT2D eigenvalue weighted by molar-refractivity contribution is -0.148. The number of ether oxygens (including phenoxy) is 1. The van der Waals surface area contributed by atoms with E-state index in [-0.39, 0.29) is 13.1 Å². The van der Waals surface area contributed by atoms with Crippen molar-refractivity contribution in [3.05, 3.63) is 70.3 Å². The van der Waals surface area contributed by atoms with Crippen molar-refractivity contribution in [1.29, 1.82) is 0 Å². The van der Waals surface area contributed by atoms with Crippen LogP contribution in [0.15, 0.2) is 30.3 Å². The van der Waals surface area contributed by atoms with Gasteiger partial charge in [0.15, 0.2) is 17.5 Å². The fourth-order valence-corrected chi connectivity index (χ4v) is 3.06. The average Bonchev–Trinajstić information content (AvgIpc) is 2.62. The number of carbonyl (C=O) groups excluding carboxylic acids is 1. The van der Waals surface area contributed by atoms with Gasteiger partial charge in [0, 0.05) is 24.7 Å². The number of esters is 1. The summed E-state index contributed by atoms with van der Waals surface area (Å²) < 4.78 is 59.3. The predicted molar refractivity (Wildman–Crippen MR) is 81.5 cm³/mol. The van der Waals surface area contributed by atoms with Crippen molar-refractivity contribution >= 4 is 5.97 Å². The molecule has 3 nitrogen and oxygen atoms in total. The summed E-state index contributed by atoms with van der Waals surface area (Å²) in [5, 5.41) is 0. The van der Waals surface area contributed by atoms with Gasteiger partial charge in [-0.3, -0.25) is 9.69 Å². The number of carbonyl (C=O) groups is 1. The minimum absolute atomic E-state index is 0.230. The molecule has 0 aliphatic carbocycles. The second kappa shape index (κ2) is 6.84. The number of methoxy groups -OCH3 is 1. The van der Waals surface area contributed by atoms with E-state index in [0.29, 0.717) is 12.5 Å². The first kappa shape index (κ1) is 17.4. The number of halogens is 4. The molecule has 0 radical (unpaired) electrons. The molecule has 7 heteroatoms. The van der Waals surface area contributed by atoms with Gasteiger partial charge in [0.25, 0.3) is 0 Å². The van der Waals surface area contributed by atoms with Crippen molar-refractivity contribution in [2.24, 2.45) is 0 Å². The molecule has 0 fully saturated rings. The predicted octanol–water partition coefficient (Wildman–Crippen LogP) is 3.34. The zero-order valence-electron chi connectivity index (χ0n) is 13.4. The third-order valence-corrected chi connectivity index (χ3v) is 4.39. The summed E-state index contributed by atoms with van der Waals surface area (Å²) in [5.41, 5.74) is 1.21. The number of fused-ring (bicyclic) bond motifs is 1. The van der Waals surface area contributed by atoms with Crippen LogP contribution in [0.25, 0.3) is 0 Å². The van der Waals surface area contributed by atoms with Gasteiger partial charge in [-0.2, -0.15) is 0 Å². The van der Waals surface area contributed by atoms with Gasteiger partial charge in [-0.25, -0.2) is 17.6 Å². The van der Waals surface area contributed by atoms with Crippen LogP contribution in [0, 0.1) is 23.3 Å². The van der Waals surface area contributed by atoms with Crippen LogP contribution in [0.5, 0.6) is 0 Å². The smallest absolute Gasteiger partial charge is 0.323 e. The molecule has 0 bridgehead atoms. The lowest BCUT2D eigenvalue weighted by Crippen LogP contribution is -2.45. The average molecular weight is 353 g/mol. The number of nitrogens with zero attached hydrogens (tertiary/aromatic N) is 1. The van der Waals surface area contributed by atoms with Crippen molar-refractivity contribution in [3.8, 4) is 0 Å². The highest BCUT2D eigenvalue weighted by molar-refractivity contribution is 5.76. The third kappa shape index (κ3) is 3.24. The van der Waals surface area contributed by atoms with E-state index in [0.717, 1.165) is 11.1 Å². The molecule has 1 aliphatic heterocycles. The quantitative estimate of drug-likeness (QED) is 0.367. The minimum atomic E-state index is -1.73. The van der Waals surface area contributed by atoms with E-state index in [1.165, 1.54) is 12.0 Å². The molecule has 0 saturated carbocycles. The summed E-state index contributed by atoms with van der Waals surface area (Å²) in [7, 11) is 1.22. The topological polar surface area (TPSA) is 29.5 Å². The zero-order valence-corrected chi connectivity index (χ0v) is 13.4. The van der Waals surface area contributed by atoms with E-state index >= 15 is 0 Å². The van der Waals surface area contributed by atoms with Crippen molar-refractivity contribution in [3.63, 3.8) is 0 Å². The summed E-state index contributed by atoms with van der Waals surface area (Å²) in [4.78, 5) is 13.6. The Labute approximate surface area is 141 Å². The molecule has 132 valence electrons. The van der Waals surface area contributed by atoms with Crippen molar-refractivity contribution in [2.45, 2.75) is 25.6 Å². The molecule has 25 heavy (non-hydrogen) atoms. The van der Waals surface area contributed by atoms with Crippen LogP contribution in [0.3, 0.4) is 0 Å². The molecule has 0 N–H and O–H groups in total. The number of hydrogen-bond acceptors (Lipinski definition) is 3. The van der Waals surface area contributed by atoms with Crippen LogP contribution in [-0.4, -0.2) is 24.0 Å². The molecular weight excluding hydrogens is 338 g/mol. The molecular formula is C18H15F4NO2. The highest BCUT2D eigenvalue weighted by atomic mass is 19.2. The maximum absolute atomic E-state index is 14.0. The highest BCUT2D eigenvalue weighted by Crippen LogP contribution is 2.28. The van der Waals surface area contributed by atoms with Gasteiger partial charge in [-0.05, 0) is 17.5 Å². The van der Waals surface area contributed by atoms with E-state index in [1.807, 2.05) is 24.3 Å². The number of rotatable bonds is 3. The Morgan fingerprint density at radius 2 is 1.80 bits per heavy atom. The van der Waals surface area contributed by atoms with Gasteiger partial charge >= 0.3 is 5.97 Å². The number of benzene rings is 2. The van der Waals surface area contributed by atoms with E-state index in [2.05, 4.69) is 0 Å². The summed E-state index contributed by atoms with van der Waals surface area (Å²) in [5.74, 6) is -6.66. The molecule has 0 spiro atoms. The van der Waals surface area contributed by atoms with Crippen LogP contribution in [-0.2, 0) is 29.0 Å². The van der Waals surface area contributed by atoms with Crippen LogP contribution in [0.4, 0.5) is 17.6 Å². The summed E-state index contributed by atoms with van der Waals surface area (Å²) in [6, 6.07) is 6.88. The fourth-order valence-electron chi connectivity index (χ4n) is 3.06. The Balaban J connectivity index is 1.97. The molecule has 0 amide bonds. The Hall–Kier alpha value is -2.41. The molecule has 1 heterocycles. The van der Waals surface area contributed by atoms with Crippen LogP contribution >= 0.6 is 0 Å². The first-order chi connectivity index (χ1) is 11.9. The van der Waals surface area contributed by atoms with Crippen LogP contribution < -0.4 is 0 Å². The van der Waals surface area contributed by atoms with Crippen molar-refractivity contribution in [1.82, 2.24) is 4.90 Å². The van der Waals surface area contributed by atoms with Gasteiger partial charge in [0.1, 0.15) is 11.9 Å². The summed E-state index contributed by atoms with van der Waals surface area (Å²) in [6.07, 6.45) is 0.301. The van der Waals surface area contributed by atoms with Crippen LogP contribution in [0.1, 0.15) is 16.7 Å². The lowest BCUT2D eigenvalue weighted by atomic mass is 9.93. The maximum atomic E-state index is 14.0. The highest BCUT2D eigenvalue weighted by Gasteiger charge is 2.33. The first-order valence-electron chi connectivity index (χ1n) is 7.63. The van der Waals surface area contributed by atoms with Gasteiger partial charge in [-0.1, -0.05) is 24.3 Å². The van der Waals surface area contributed by atoms with Gasteiger partial charge < -0.3 is 4.74 Å². The van der Waals surface area contributed by atoms with Gasteiger partial charge in [-0.15, -0.1) is 0 Å². The maximum Gasteiger partial charge on any atom is 0.323 e. The number of hydrogen-bond donors (Lipinski definition) is 0. The Bertz CT molecular complexity index is 825. The van der Waals surface area contributed by atoms with E-state index in [1.54, 1.807) is 0 Å². The van der Waals surface area contributed by atoms with E-state index < -0.39 is 40.8 Å². The lowest BCUT2D eigenvalue weighted by Gasteiger charge is -2.35. The Morgan fingerprint density at radius 3 is 2.48 bits per heavy atom. The van der Waals surface area contributed by atoms with Crippen LogP contribution in [0.2, 0.25) is 0 Å². The molecule has 3 rings (SSSR count). The molecule has 2 aromatic carbocycles. The molecule has 2 aromatic rings. The second-order valence-corrected chi connectivity index (χ2v) is 5.86. The van der Waals surface area contributed by atoms with Crippen molar-refractivity contribution in [2.75, 3.05) is 7.11 Å². The molecule has 0 aromatic heterocycles. The summed E-state index contributed by atoms with van der Waals surface area (Å²) in [6.45, 7) is -0.156. The molecule has 1 unspecified atom stereocenters. The molecule has 1 aliphatic rings. The normalized spacial score (nSPS) is 17.2. The minimum Gasteiger partial charge on any atom is -0.468 e. The third-order valence-electron chi connectivity index (χ3n) is 4.39. The largest absolute Gasteiger partial charge is 0.468 e. The molecule has 0 saturated heterocycles.